The minimum Gasteiger partial charge on any atom is -0.254 e. The average Bonchev–Trinajstić information content (AvgIpc) is 3.24. The van der Waals surface area contributed by atoms with Crippen LogP contribution < -0.4 is 0 Å². The number of nitrogens with zero attached hydrogens (tertiary/aromatic N) is 3. The van der Waals surface area contributed by atoms with Gasteiger partial charge in [-0.05, 0) is 92.5 Å². The zero-order chi connectivity index (χ0) is 34.7. The van der Waals surface area contributed by atoms with Crippen molar-refractivity contribution in [2.45, 2.75) is 0 Å². The van der Waals surface area contributed by atoms with Crippen molar-refractivity contribution in [1.29, 1.82) is 0 Å². The Labute approximate surface area is 303 Å². The maximum absolute atomic E-state index is 5.15. The summed E-state index contributed by atoms with van der Waals surface area (Å²) in [4.78, 5) is 15.1. The summed E-state index contributed by atoms with van der Waals surface area (Å²) in [5, 5.41) is 0.975. The topological polar surface area (TPSA) is 38.7 Å². The summed E-state index contributed by atoms with van der Waals surface area (Å²) < 4.78 is 0. The van der Waals surface area contributed by atoms with Crippen molar-refractivity contribution in [2.24, 2.45) is 0 Å². The van der Waals surface area contributed by atoms with Gasteiger partial charge in [-0.25, -0.2) is 9.97 Å². The van der Waals surface area contributed by atoms with Crippen molar-refractivity contribution < 1.29 is 0 Å². The van der Waals surface area contributed by atoms with Crippen molar-refractivity contribution in [3.8, 4) is 78.4 Å². The maximum atomic E-state index is 5.15. The number of hydrogen-bond donors (Lipinski definition) is 0. The second-order valence-electron chi connectivity index (χ2n) is 12.9. The fourth-order valence-electron chi connectivity index (χ4n) is 6.84. The van der Waals surface area contributed by atoms with Gasteiger partial charge in [-0.3, -0.25) is 4.98 Å². The Kier molecular flexibility index (Phi) is 8.20. The van der Waals surface area contributed by atoms with Crippen LogP contribution in [-0.2, 0) is 0 Å². The minimum absolute atomic E-state index is 0.670. The van der Waals surface area contributed by atoms with Crippen LogP contribution in [0, 0.1) is 0 Å². The lowest BCUT2D eigenvalue weighted by Gasteiger charge is -2.13. The summed E-state index contributed by atoms with van der Waals surface area (Å²) in [6, 6.07) is 68.0. The Morgan fingerprint density at radius 3 is 1.31 bits per heavy atom. The number of para-hydroxylation sites is 1. The third-order valence-electron chi connectivity index (χ3n) is 9.51. The molecule has 2 aromatic heterocycles. The van der Waals surface area contributed by atoms with Crippen molar-refractivity contribution in [1.82, 2.24) is 15.0 Å². The van der Waals surface area contributed by atoms with E-state index in [2.05, 4.69) is 158 Å². The van der Waals surface area contributed by atoms with Crippen molar-refractivity contribution in [2.75, 3.05) is 0 Å². The largest absolute Gasteiger partial charge is 0.254 e. The number of aromatic nitrogens is 3. The fourth-order valence-corrected chi connectivity index (χ4v) is 6.84. The molecule has 0 aliphatic heterocycles. The van der Waals surface area contributed by atoms with E-state index in [1.54, 1.807) is 0 Å². The zero-order valence-corrected chi connectivity index (χ0v) is 28.4. The Balaban J connectivity index is 1.10. The van der Waals surface area contributed by atoms with E-state index in [0.29, 0.717) is 5.82 Å². The molecule has 9 rings (SSSR count). The highest BCUT2D eigenvalue weighted by molar-refractivity contribution is 5.93. The van der Waals surface area contributed by atoms with Crippen LogP contribution in [0.5, 0.6) is 0 Å². The molecule has 0 bridgehead atoms. The van der Waals surface area contributed by atoms with Gasteiger partial charge in [-0.1, -0.05) is 152 Å². The van der Waals surface area contributed by atoms with Crippen molar-refractivity contribution in [3.05, 3.63) is 200 Å². The van der Waals surface area contributed by atoms with Crippen LogP contribution in [0.2, 0.25) is 0 Å². The van der Waals surface area contributed by atoms with Gasteiger partial charge in [0.15, 0.2) is 5.82 Å². The van der Waals surface area contributed by atoms with E-state index in [1.165, 1.54) is 27.8 Å². The van der Waals surface area contributed by atoms with Crippen LogP contribution in [0.15, 0.2) is 200 Å². The van der Waals surface area contributed by atoms with Crippen LogP contribution in [0.25, 0.3) is 89.3 Å². The lowest BCUT2D eigenvalue weighted by atomic mass is 9.92. The first-order valence-electron chi connectivity index (χ1n) is 17.5. The molecule has 244 valence electrons. The first-order chi connectivity index (χ1) is 25.7. The van der Waals surface area contributed by atoms with Crippen LogP contribution >= 0.6 is 0 Å². The number of rotatable bonds is 7. The van der Waals surface area contributed by atoms with Gasteiger partial charge >= 0.3 is 0 Å². The summed E-state index contributed by atoms with van der Waals surface area (Å²) in [6.07, 6.45) is 1.92. The highest BCUT2D eigenvalue weighted by Gasteiger charge is 2.14. The van der Waals surface area contributed by atoms with Gasteiger partial charge < -0.3 is 0 Å². The number of pyridine rings is 1. The highest BCUT2D eigenvalue weighted by atomic mass is 14.9. The lowest BCUT2D eigenvalue weighted by Crippen LogP contribution is -1.97. The number of hydrogen-bond acceptors (Lipinski definition) is 3. The maximum Gasteiger partial charge on any atom is 0.160 e. The summed E-state index contributed by atoms with van der Waals surface area (Å²) >= 11 is 0. The Morgan fingerprint density at radius 1 is 0.288 bits per heavy atom. The van der Waals surface area contributed by atoms with Gasteiger partial charge in [0.2, 0.25) is 0 Å². The van der Waals surface area contributed by atoms with Gasteiger partial charge in [0.05, 0.1) is 11.2 Å². The molecule has 7 aromatic carbocycles. The first kappa shape index (κ1) is 31.0. The Bertz CT molecular complexity index is 2590. The molecule has 0 spiro atoms. The standard InChI is InChI=1S/C49H33N3/c1-4-14-34(15-5-1)41-26-27-47(50-33-41)48-45-24-10-11-25-46(45)51-49(52-48)40-23-13-21-38(29-40)37-20-12-22-39(28-37)44-31-42(35-16-6-2-7-17-35)30-43(32-44)36-18-8-3-9-19-36/h1-33H. The molecule has 3 nitrogen and oxygen atoms in total. The summed E-state index contributed by atoms with van der Waals surface area (Å²) in [7, 11) is 0. The Hall–Kier alpha value is -6.97. The molecule has 0 saturated heterocycles. The second-order valence-corrected chi connectivity index (χ2v) is 12.9. The van der Waals surface area contributed by atoms with Gasteiger partial charge in [0.1, 0.15) is 5.69 Å². The highest BCUT2D eigenvalue weighted by Crippen LogP contribution is 2.36. The minimum atomic E-state index is 0.670. The summed E-state index contributed by atoms with van der Waals surface area (Å²) in [6.45, 7) is 0. The monoisotopic (exact) mass is 663 g/mol. The fraction of sp³-hybridized carbons (Fsp3) is 0. The van der Waals surface area contributed by atoms with Crippen LogP contribution in [-0.4, -0.2) is 15.0 Å². The zero-order valence-electron chi connectivity index (χ0n) is 28.4. The molecule has 0 amide bonds. The van der Waals surface area contributed by atoms with Crippen LogP contribution in [0.3, 0.4) is 0 Å². The molecule has 9 aromatic rings. The molecular weight excluding hydrogens is 631 g/mol. The molecule has 3 heteroatoms. The van der Waals surface area contributed by atoms with Gasteiger partial charge in [-0.15, -0.1) is 0 Å². The SMILES string of the molecule is c1ccc(-c2ccc(-c3nc(-c4cccc(-c5cccc(-c6cc(-c7ccccc7)cc(-c7ccccc7)c6)c5)c4)nc4ccccc34)nc2)cc1. The van der Waals surface area contributed by atoms with E-state index in [1.807, 2.05) is 42.6 Å². The lowest BCUT2D eigenvalue weighted by molar-refractivity contribution is 1.20. The van der Waals surface area contributed by atoms with E-state index >= 15 is 0 Å². The molecule has 0 saturated carbocycles. The van der Waals surface area contributed by atoms with E-state index in [4.69, 9.17) is 15.0 Å². The molecule has 52 heavy (non-hydrogen) atoms. The first-order valence-corrected chi connectivity index (χ1v) is 17.5. The summed E-state index contributed by atoms with van der Waals surface area (Å²) in [5.74, 6) is 0.670. The molecule has 0 aliphatic carbocycles. The van der Waals surface area contributed by atoms with Gasteiger partial charge in [0, 0.05) is 22.7 Å². The third kappa shape index (κ3) is 6.28. The van der Waals surface area contributed by atoms with E-state index in [-0.39, 0.29) is 0 Å². The molecule has 0 atom stereocenters. The number of fused-ring (bicyclic) bond motifs is 1. The molecule has 0 radical (unpaired) electrons. The van der Waals surface area contributed by atoms with Gasteiger partial charge in [-0.2, -0.15) is 0 Å². The van der Waals surface area contributed by atoms with E-state index < -0.39 is 0 Å². The summed E-state index contributed by atoms with van der Waals surface area (Å²) in [5.41, 5.74) is 15.0. The van der Waals surface area contributed by atoms with E-state index in [0.717, 1.165) is 55.7 Å². The van der Waals surface area contributed by atoms with Crippen molar-refractivity contribution in [3.63, 3.8) is 0 Å². The predicted molar refractivity (Wildman–Crippen MR) is 215 cm³/mol. The van der Waals surface area contributed by atoms with E-state index in [9.17, 15) is 0 Å². The molecule has 0 unspecified atom stereocenters. The molecule has 0 N–H and O–H groups in total. The molecule has 2 heterocycles. The number of benzene rings is 7. The van der Waals surface area contributed by atoms with Gasteiger partial charge in [0.25, 0.3) is 0 Å². The van der Waals surface area contributed by atoms with Crippen LogP contribution in [0.4, 0.5) is 0 Å². The molecule has 0 aliphatic rings. The Morgan fingerprint density at radius 2 is 0.731 bits per heavy atom. The average molecular weight is 664 g/mol. The second kappa shape index (κ2) is 13.7. The van der Waals surface area contributed by atoms with Crippen molar-refractivity contribution >= 4 is 10.9 Å². The molecule has 0 fully saturated rings. The smallest absolute Gasteiger partial charge is 0.160 e. The third-order valence-corrected chi connectivity index (χ3v) is 9.51. The van der Waals surface area contributed by atoms with Crippen LogP contribution in [0.1, 0.15) is 0 Å². The quantitative estimate of drug-likeness (QED) is 0.170. The normalized spacial score (nSPS) is 11.1. The predicted octanol–water partition coefficient (Wildman–Crippen LogP) is 12.7. The molecular formula is C49H33N3.